The summed E-state index contributed by atoms with van der Waals surface area (Å²) in [5.41, 5.74) is 2.91. The molecule has 0 saturated carbocycles. The van der Waals surface area contributed by atoms with Crippen molar-refractivity contribution in [2.24, 2.45) is 5.92 Å². The normalized spacial score (nSPS) is 15.2. The summed E-state index contributed by atoms with van der Waals surface area (Å²) >= 11 is 0. The molecule has 138 valence electrons. The zero-order chi connectivity index (χ0) is 18.8. The third-order valence-electron chi connectivity index (χ3n) is 5.05. The highest BCUT2D eigenvalue weighted by atomic mass is 16.2. The number of carbonyl (C=O) groups is 1. The highest BCUT2D eigenvalue weighted by Gasteiger charge is 2.24. The standard InChI is InChI=1S/C20H21N5O2/c1-14-2-5-19(26)25(23-14)13-15-6-10-24(11-7-15)20(27)16-3-4-17-18(12-16)22-9-8-21-17/h2-5,8-9,12,15H,6-7,10-11,13H2,1H3. The lowest BCUT2D eigenvalue weighted by atomic mass is 9.96. The first-order valence-corrected chi connectivity index (χ1v) is 9.15. The second-order valence-corrected chi connectivity index (χ2v) is 6.99. The van der Waals surface area contributed by atoms with Crippen LogP contribution in [0.1, 0.15) is 28.9 Å². The lowest BCUT2D eigenvalue weighted by Crippen LogP contribution is -2.40. The maximum Gasteiger partial charge on any atom is 0.266 e. The van der Waals surface area contributed by atoms with E-state index < -0.39 is 0 Å². The molecule has 3 aromatic rings. The van der Waals surface area contributed by atoms with Crippen LogP contribution in [0.3, 0.4) is 0 Å². The van der Waals surface area contributed by atoms with Crippen LogP contribution in [0.15, 0.2) is 47.5 Å². The molecule has 1 aliphatic rings. The summed E-state index contributed by atoms with van der Waals surface area (Å²) in [5, 5.41) is 4.31. The first-order valence-electron chi connectivity index (χ1n) is 9.15. The smallest absolute Gasteiger partial charge is 0.266 e. The fourth-order valence-electron chi connectivity index (χ4n) is 3.52. The summed E-state index contributed by atoms with van der Waals surface area (Å²) in [5.74, 6) is 0.371. The Morgan fingerprint density at radius 2 is 1.81 bits per heavy atom. The average Bonchev–Trinajstić information content (AvgIpc) is 2.70. The molecule has 0 spiro atoms. The average molecular weight is 363 g/mol. The second-order valence-electron chi connectivity index (χ2n) is 6.99. The number of nitrogens with zero attached hydrogens (tertiary/aromatic N) is 5. The van der Waals surface area contributed by atoms with Crippen molar-refractivity contribution in [2.45, 2.75) is 26.3 Å². The van der Waals surface area contributed by atoms with Crippen molar-refractivity contribution in [1.29, 1.82) is 0 Å². The highest BCUT2D eigenvalue weighted by molar-refractivity contribution is 5.97. The number of likely N-dealkylation sites (tertiary alicyclic amines) is 1. The number of aromatic nitrogens is 4. The van der Waals surface area contributed by atoms with E-state index in [4.69, 9.17) is 0 Å². The molecule has 1 saturated heterocycles. The van der Waals surface area contributed by atoms with E-state index in [-0.39, 0.29) is 11.5 Å². The van der Waals surface area contributed by atoms with Crippen LogP contribution in [-0.4, -0.2) is 43.6 Å². The number of piperidine rings is 1. The van der Waals surface area contributed by atoms with Gasteiger partial charge >= 0.3 is 0 Å². The van der Waals surface area contributed by atoms with Crippen molar-refractivity contribution >= 4 is 16.9 Å². The van der Waals surface area contributed by atoms with Crippen molar-refractivity contribution in [3.05, 3.63) is 64.3 Å². The molecule has 0 atom stereocenters. The molecular weight excluding hydrogens is 342 g/mol. The number of rotatable bonds is 3. The van der Waals surface area contributed by atoms with Crippen LogP contribution < -0.4 is 5.56 Å². The monoisotopic (exact) mass is 363 g/mol. The number of aryl methyl sites for hydroxylation is 1. The summed E-state index contributed by atoms with van der Waals surface area (Å²) in [6.45, 7) is 3.85. The maximum absolute atomic E-state index is 12.8. The minimum absolute atomic E-state index is 0.0202. The van der Waals surface area contributed by atoms with Gasteiger partial charge in [-0.2, -0.15) is 5.10 Å². The molecule has 1 aliphatic heterocycles. The van der Waals surface area contributed by atoms with E-state index in [0.29, 0.717) is 31.1 Å². The van der Waals surface area contributed by atoms with Crippen molar-refractivity contribution in [3.63, 3.8) is 0 Å². The van der Waals surface area contributed by atoms with Crippen LogP contribution in [0.5, 0.6) is 0 Å². The molecular formula is C20H21N5O2. The Morgan fingerprint density at radius 3 is 2.59 bits per heavy atom. The van der Waals surface area contributed by atoms with E-state index in [2.05, 4.69) is 15.1 Å². The maximum atomic E-state index is 12.8. The zero-order valence-electron chi connectivity index (χ0n) is 15.2. The Hall–Kier alpha value is -3.09. The van der Waals surface area contributed by atoms with Gasteiger partial charge in [0, 0.05) is 43.7 Å². The largest absolute Gasteiger partial charge is 0.339 e. The Morgan fingerprint density at radius 1 is 1.07 bits per heavy atom. The fourth-order valence-corrected chi connectivity index (χ4v) is 3.52. The lowest BCUT2D eigenvalue weighted by Gasteiger charge is -2.32. The van der Waals surface area contributed by atoms with Crippen molar-refractivity contribution in [1.82, 2.24) is 24.6 Å². The van der Waals surface area contributed by atoms with Crippen LogP contribution in [0.4, 0.5) is 0 Å². The highest BCUT2D eigenvalue weighted by Crippen LogP contribution is 2.21. The molecule has 0 radical (unpaired) electrons. The van der Waals surface area contributed by atoms with E-state index in [1.165, 1.54) is 0 Å². The third kappa shape index (κ3) is 3.72. The summed E-state index contributed by atoms with van der Waals surface area (Å²) in [4.78, 5) is 35.1. The van der Waals surface area contributed by atoms with E-state index >= 15 is 0 Å². The van der Waals surface area contributed by atoms with Gasteiger partial charge in [0.15, 0.2) is 0 Å². The van der Waals surface area contributed by atoms with Crippen LogP contribution >= 0.6 is 0 Å². The quantitative estimate of drug-likeness (QED) is 0.711. The Kier molecular flexibility index (Phi) is 4.66. The van der Waals surface area contributed by atoms with E-state index in [1.807, 2.05) is 24.0 Å². The number of fused-ring (bicyclic) bond motifs is 1. The summed E-state index contributed by atoms with van der Waals surface area (Å²) in [6.07, 6.45) is 4.99. The van der Waals surface area contributed by atoms with Gasteiger partial charge in [-0.3, -0.25) is 19.6 Å². The van der Waals surface area contributed by atoms with Gasteiger partial charge in [0.2, 0.25) is 0 Å². The van der Waals surface area contributed by atoms with Crippen LogP contribution in [0.2, 0.25) is 0 Å². The predicted octanol–water partition coefficient (Wildman–Crippen LogP) is 2.05. The van der Waals surface area contributed by atoms with Crippen LogP contribution in [0, 0.1) is 12.8 Å². The Balaban J connectivity index is 1.41. The van der Waals surface area contributed by atoms with Gasteiger partial charge in [-0.15, -0.1) is 0 Å². The molecule has 1 amide bonds. The molecule has 7 heteroatoms. The number of hydrogen-bond donors (Lipinski definition) is 0. The van der Waals surface area contributed by atoms with Crippen molar-refractivity contribution in [2.75, 3.05) is 13.1 Å². The first-order chi connectivity index (χ1) is 13.1. The second kappa shape index (κ2) is 7.26. The SMILES string of the molecule is Cc1ccc(=O)n(CC2CCN(C(=O)c3ccc4nccnc4c3)CC2)n1. The summed E-state index contributed by atoms with van der Waals surface area (Å²) < 4.78 is 1.54. The minimum Gasteiger partial charge on any atom is -0.339 e. The molecule has 1 fully saturated rings. The molecule has 0 bridgehead atoms. The Labute approximate surface area is 156 Å². The number of hydrogen-bond acceptors (Lipinski definition) is 5. The molecule has 7 nitrogen and oxygen atoms in total. The van der Waals surface area contributed by atoms with Gasteiger partial charge in [0.1, 0.15) is 0 Å². The third-order valence-corrected chi connectivity index (χ3v) is 5.05. The molecule has 2 aromatic heterocycles. The van der Waals surface area contributed by atoms with Gasteiger partial charge < -0.3 is 4.90 Å². The van der Waals surface area contributed by atoms with Crippen LogP contribution in [-0.2, 0) is 6.54 Å². The predicted molar refractivity (Wildman–Crippen MR) is 101 cm³/mol. The molecule has 0 N–H and O–H groups in total. The molecule has 4 rings (SSSR count). The molecule has 1 aromatic carbocycles. The van der Waals surface area contributed by atoms with Gasteiger partial charge in [-0.1, -0.05) is 0 Å². The first kappa shape index (κ1) is 17.3. The topological polar surface area (TPSA) is 81.0 Å². The fraction of sp³-hybridized carbons (Fsp3) is 0.350. The molecule has 3 heterocycles. The van der Waals surface area contributed by atoms with Crippen molar-refractivity contribution in [3.8, 4) is 0 Å². The summed E-state index contributed by atoms with van der Waals surface area (Å²) in [6, 6.07) is 8.73. The molecule has 0 aliphatic carbocycles. The molecule has 27 heavy (non-hydrogen) atoms. The Bertz CT molecular complexity index is 1040. The van der Waals surface area contributed by atoms with Crippen molar-refractivity contribution < 1.29 is 4.79 Å². The number of carbonyl (C=O) groups excluding carboxylic acids is 1. The lowest BCUT2D eigenvalue weighted by molar-refractivity contribution is 0.0680. The van der Waals surface area contributed by atoms with E-state index in [9.17, 15) is 9.59 Å². The number of amides is 1. The zero-order valence-corrected chi connectivity index (χ0v) is 15.2. The number of benzene rings is 1. The van der Waals surface area contributed by atoms with E-state index in [0.717, 1.165) is 29.6 Å². The van der Waals surface area contributed by atoms with Crippen LogP contribution in [0.25, 0.3) is 11.0 Å². The van der Waals surface area contributed by atoms with Gasteiger partial charge in [-0.05, 0) is 49.9 Å². The molecule has 0 unspecified atom stereocenters. The van der Waals surface area contributed by atoms with Gasteiger partial charge in [-0.25, -0.2) is 4.68 Å². The van der Waals surface area contributed by atoms with E-state index in [1.54, 1.807) is 35.3 Å². The minimum atomic E-state index is -0.0728. The van der Waals surface area contributed by atoms with Gasteiger partial charge in [0.25, 0.3) is 11.5 Å². The van der Waals surface area contributed by atoms with Gasteiger partial charge in [0.05, 0.1) is 16.7 Å². The summed E-state index contributed by atoms with van der Waals surface area (Å²) in [7, 11) is 0.